The summed E-state index contributed by atoms with van der Waals surface area (Å²) in [7, 11) is 2.78. The van der Waals surface area contributed by atoms with Gasteiger partial charge < -0.3 is 46.7 Å². The molecule has 0 bridgehead atoms. The number of carbonyl (C=O) groups excluding carboxylic acids is 5. The Labute approximate surface area is 245 Å². The van der Waals surface area contributed by atoms with E-state index in [1.165, 1.54) is 37.2 Å². The van der Waals surface area contributed by atoms with Crippen LogP contribution in [0.2, 0.25) is 0 Å². The lowest BCUT2D eigenvalue weighted by Crippen LogP contribution is -2.71. The van der Waals surface area contributed by atoms with Gasteiger partial charge in [-0.05, 0) is 40.9 Å². The Morgan fingerprint density at radius 2 is 1.74 bits per heavy atom. The van der Waals surface area contributed by atoms with Crippen LogP contribution in [0.5, 0.6) is 11.5 Å². The van der Waals surface area contributed by atoms with Gasteiger partial charge >= 0.3 is 12.1 Å². The quantitative estimate of drug-likeness (QED) is 0.0989. The second-order valence-electron chi connectivity index (χ2n) is 11.8. The number of aromatic hydroxyl groups is 2. The lowest BCUT2D eigenvalue weighted by molar-refractivity contribution is -0.208. The molecule has 9 N–H and O–H groups in total. The van der Waals surface area contributed by atoms with Crippen molar-refractivity contribution in [2.45, 2.75) is 50.2 Å². The van der Waals surface area contributed by atoms with Crippen molar-refractivity contribution in [3.05, 3.63) is 29.3 Å². The van der Waals surface area contributed by atoms with E-state index in [-0.39, 0.29) is 22.0 Å². The molecule has 0 heterocycles. The highest BCUT2D eigenvalue weighted by Gasteiger charge is 2.69. The van der Waals surface area contributed by atoms with Gasteiger partial charge in [0.05, 0.1) is 17.3 Å². The number of fused-ring (bicyclic) bond motifs is 3. The van der Waals surface area contributed by atoms with E-state index in [9.17, 15) is 44.4 Å². The molecular weight excluding hydrogens is 568 g/mol. The number of primary amides is 1. The molecule has 15 nitrogen and oxygen atoms in total. The summed E-state index contributed by atoms with van der Waals surface area (Å²) in [6.07, 6.45) is -5.11. The first-order valence-corrected chi connectivity index (χ1v) is 13.2. The smallest absolute Gasteiger partial charge is 0.408 e. The fourth-order valence-corrected chi connectivity index (χ4v) is 5.99. The summed E-state index contributed by atoms with van der Waals surface area (Å²) in [6, 6.07) is 2.50. The van der Waals surface area contributed by atoms with Gasteiger partial charge in [-0.3, -0.25) is 24.1 Å². The molecule has 43 heavy (non-hydrogen) atoms. The van der Waals surface area contributed by atoms with Crippen LogP contribution in [0.1, 0.15) is 44.1 Å². The average Bonchev–Trinajstić information content (AvgIpc) is 2.87. The van der Waals surface area contributed by atoms with Crippen molar-refractivity contribution < 1.29 is 53.9 Å². The SMILES string of the molecule is CN(C)[C@@H]1C(=O)C(C(N)=O)C(=O)[C@@]2(O)C(O)c3c(c(N)c4cccc(O)c4c3O)[C@H](OC(=O)CNC(=O)OC(C)(C)C)[C@@H]12. The van der Waals surface area contributed by atoms with Crippen molar-refractivity contribution in [1.29, 1.82) is 0 Å². The molecule has 2 amide bonds. The minimum atomic E-state index is -3.04. The predicted octanol–water partition coefficient (Wildman–Crippen LogP) is -0.480. The third kappa shape index (κ3) is 4.98. The molecule has 2 aliphatic carbocycles. The van der Waals surface area contributed by atoms with E-state index >= 15 is 0 Å². The third-order valence-electron chi connectivity index (χ3n) is 7.66. The highest BCUT2D eigenvalue weighted by molar-refractivity contribution is 6.24. The second-order valence-corrected chi connectivity index (χ2v) is 11.8. The number of aliphatic hydroxyl groups is 2. The number of nitrogens with two attached hydrogens (primary N) is 2. The summed E-state index contributed by atoms with van der Waals surface area (Å²) < 4.78 is 10.8. The third-order valence-corrected chi connectivity index (χ3v) is 7.66. The summed E-state index contributed by atoms with van der Waals surface area (Å²) >= 11 is 0. The van der Waals surface area contributed by atoms with Crippen LogP contribution in [0.4, 0.5) is 10.5 Å². The number of esters is 1. The Morgan fingerprint density at radius 3 is 2.30 bits per heavy atom. The van der Waals surface area contributed by atoms with Crippen LogP contribution in [-0.2, 0) is 28.7 Å². The highest BCUT2D eigenvalue weighted by Crippen LogP contribution is 2.59. The molecule has 2 aliphatic rings. The molecule has 0 saturated heterocycles. The number of alkyl carbamates (subject to hydrolysis) is 1. The molecule has 4 rings (SSSR count). The number of rotatable bonds is 5. The number of phenolic OH excluding ortho intramolecular Hbond substituents is 2. The van der Waals surface area contributed by atoms with Crippen LogP contribution in [0.3, 0.4) is 0 Å². The zero-order valence-electron chi connectivity index (χ0n) is 24.1. The van der Waals surface area contributed by atoms with Crippen molar-refractivity contribution in [3.63, 3.8) is 0 Å². The van der Waals surface area contributed by atoms with Gasteiger partial charge in [0.1, 0.15) is 35.9 Å². The fraction of sp³-hybridized carbons (Fsp3) is 0.464. The number of nitrogens with one attached hydrogen (secondary N) is 1. The first kappa shape index (κ1) is 31.5. The van der Waals surface area contributed by atoms with Gasteiger partial charge in [0, 0.05) is 22.2 Å². The molecule has 0 aliphatic heterocycles. The van der Waals surface area contributed by atoms with Gasteiger partial charge in [-0.15, -0.1) is 0 Å². The number of hydrogen-bond acceptors (Lipinski definition) is 13. The van der Waals surface area contributed by atoms with E-state index in [0.717, 1.165) is 0 Å². The molecule has 0 spiro atoms. The van der Waals surface area contributed by atoms with E-state index in [0.29, 0.717) is 0 Å². The maximum absolute atomic E-state index is 13.7. The van der Waals surface area contributed by atoms with Crippen LogP contribution < -0.4 is 16.8 Å². The van der Waals surface area contributed by atoms with Crippen LogP contribution in [0.15, 0.2) is 18.2 Å². The molecule has 1 fully saturated rings. The van der Waals surface area contributed by atoms with Gasteiger partial charge in [0.2, 0.25) is 5.91 Å². The minimum Gasteiger partial charge on any atom is -0.507 e. The molecule has 232 valence electrons. The second kappa shape index (κ2) is 10.7. The largest absolute Gasteiger partial charge is 0.507 e. The molecule has 6 atom stereocenters. The average molecular weight is 603 g/mol. The molecular formula is C28H34N4O11. The van der Waals surface area contributed by atoms with Gasteiger partial charge in [-0.25, -0.2) is 4.79 Å². The van der Waals surface area contributed by atoms with Crippen molar-refractivity contribution in [3.8, 4) is 11.5 Å². The Bertz CT molecular complexity index is 1550. The van der Waals surface area contributed by atoms with Crippen LogP contribution in [0, 0.1) is 11.8 Å². The number of Topliss-reactive ketones (excluding diaryl/α,β-unsaturated/α-hetero) is 2. The lowest BCUT2D eigenvalue weighted by atomic mass is 9.56. The van der Waals surface area contributed by atoms with Gasteiger partial charge in [0.15, 0.2) is 23.1 Å². The number of aliphatic hydroxyl groups excluding tert-OH is 1. The van der Waals surface area contributed by atoms with Gasteiger partial charge in [-0.1, -0.05) is 12.1 Å². The highest BCUT2D eigenvalue weighted by atomic mass is 16.6. The normalized spacial score (nSPS) is 26.9. The number of amides is 2. The topological polar surface area (TPSA) is 252 Å². The van der Waals surface area contributed by atoms with E-state index in [2.05, 4.69) is 5.32 Å². The van der Waals surface area contributed by atoms with Crippen molar-refractivity contribution >= 4 is 46.0 Å². The zero-order chi connectivity index (χ0) is 32.3. The number of nitrogens with zero attached hydrogens (tertiary/aromatic N) is 1. The number of phenols is 2. The summed E-state index contributed by atoms with van der Waals surface area (Å²) in [5.41, 5.74) is 6.87. The number of benzene rings is 2. The van der Waals surface area contributed by atoms with Crippen LogP contribution in [0.25, 0.3) is 10.8 Å². The number of likely N-dealkylation sites (N-methyl/N-ethyl adjacent to an activating group) is 1. The van der Waals surface area contributed by atoms with Crippen LogP contribution >= 0.6 is 0 Å². The predicted molar refractivity (Wildman–Crippen MR) is 148 cm³/mol. The maximum Gasteiger partial charge on any atom is 0.408 e. The zero-order valence-corrected chi connectivity index (χ0v) is 24.1. The first-order chi connectivity index (χ1) is 19.8. The summed E-state index contributed by atoms with van der Waals surface area (Å²) in [5.74, 6) is -10.3. The Kier molecular flexibility index (Phi) is 7.80. The summed E-state index contributed by atoms with van der Waals surface area (Å²) in [4.78, 5) is 66.1. The lowest BCUT2D eigenvalue weighted by Gasteiger charge is -2.54. The summed E-state index contributed by atoms with van der Waals surface area (Å²) in [6.45, 7) is 4.04. The number of carbonyl (C=O) groups is 5. The number of ketones is 2. The Balaban J connectivity index is 1.96. The molecule has 1 saturated carbocycles. The number of anilines is 1. The molecule has 2 aromatic rings. The number of nitrogen functional groups attached to an aromatic ring is 1. The Hall–Kier alpha value is -4.47. The van der Waals surface area contributed by atoms with Gasteiger partial charge in [-0.2, -0.15) is 0 Å². The van der Waals surface area contributed by atoms with E-state index < -0.39 is 94.4 Å². The van der Waals surface area contributed by atoms with Crippen molar-refractivity contribution in [2.24, 2.45) is 17.6 Å². The van der Waals surface area contributed by atoms with Crippen LogP contribution in [-0.4, -0.2) is 92.7 Å². The van der Waals surface area contributed by atoms with E-state index in [1.807, 2.05) is 0 Å². The maximum atomic E-state index is 13.7. The minimum absolute atomic E-state index is 0.0618. The number of hydrogen-bond donors (Lipinski definition) is 7. The molecule has 15 heteroatoms. The van der Waals surface area contributed by atoms with E-state index in [4.69, 9.17) is 20.9 Å². The molecule has 2 unspecified atom stereocenters. The van der Waals surface area contributed by atoms with E-state index in [1.54, 1.807) is 20.8 Å². The molecule has 0 radical (unpaired) electrons. The monoisotopic (exact) mass is 602 g/mol. The molecule has 0 aromatic heterocycles. The van der Waals surface area contributed by atoms with Crippen molar-refractivity contribution in [2.75, 3.05) is 26.4 Å². The van der Waals surface area contributed by atoms with Gasteiger partial charge in [0.25, 0.3) is 0 Å². The Morgan fingerprint density at radius 1 is 1.12 bits per heavy atom. The first-order valence-electron chi connectivity index (χ1n) is 13.2. The fourth-order valence-electron chi connectivity index (χ4n) is 5.99. The van der Waals surface area contributed by atoms with Crippen molar-refractivity contribution in [1.82, 2.24) is 10.2 Å². The standard InChI is InChI=1S/C28H34N4O11/c1-27(2,3)43-26(40)31-9-12(34)42-22-14-15(20(35)13-10(18(14)29)7-6-8-11(13)33)23(37)28(41)17(22)19(32(4)5)21(36)16(24(28)38)25(30)39/h6-8,16-17,19,22-23,33,35,37,41H,9,29H2,1-5H3,(H2,30,39)(H,31,40)/t16?,17-,19+,22+,23?,28+/m1/s1. The number of ether oxygens (including phenoxy) is 2. The summed E-state index contributed by atoms with van der Waals surface area (Å²) in [5, 5.41) is 47.5. The molecule has 2 aromatic carbocycles.